The van der Waals surface area contributed by atoms with Gasteiger partial charge in [0, 0.05) is 0 Å². The van der Waals surface area contributed by atoms with Crippen molar-refractivity contribution >= 4 is 0 Å². The third-order valence-electron chi connectivity index (χ3n) is 6.66. The van der Waals surface area contributed by atoms with Crippen LogP contribution in [0.1, 0.15) is 98.8 Å². The highest BCUT2D eigenvalue weighted by Crippen LogP contribution is 2.24. The van der Waals surface area contributed by atoms with E-state index in [0.29, 0.717) is 12.5 Å². The Bertz CT molecular complexity index is 416. The molecule has 0 saturated carbocycles. The molecule has 0 amide bonds. The average molecular weight is 431 g/mol. The maximum Gasteiger partial charge on any atom is 0.186 e. The fourth-order valence-corrected chi connectivity index (χ4v) is 4.33. The van der Waals surface area contributed by atoms with Crippen LogP contribution >= 0.6 is 0 Å². The van der Waals surface area contributed by atoms with Crippen LogP contribution in [0, 0.1) is 23.7 Å². The van der Waals surface area contributed by atoms with Crippen LogP contribution in [-0.2, 0) is 9.47 Å². The van der Waals surface area contributed by atoms with E-state index in [9.17, 15) is 10.2 Å². The molecule has 5 nitrogen and oxygen atoms in total. The summed E-state index contributed by atoms with van der Waals surface area (Å²) in [5, 5.41) is 28.7. The summed E-state index contributed by atoms with van der Waals surface area (Å²) in [5.41, 5.74) is 0. The van der Waals surface area contributed by atoms with Crippen molar-refractivity contribution in [1.82, 2.24) is 0 Å². The first kappa shape index (κ1) is 27.8. The molecule has 1 aliphatic heterocycles. The van der Waals surface area contributed by atoms with E-state index in [-0.39, 0.29) is 6.61 Å². The molecule has 7 atom stereocenters. The Labute approximate surface area is 185 Å². The molecule has 1 heterocycles. The molecule has 0 radical (unpaired) electrons. The van der Waals surface area contributed by atoms with Crippen molar-refractivity contribution in [2.45, 2.75) is 123 Å². The van der Waals surface area contributed by atoms with E-state index in [1.165, 1.54) is 57.8 Å². The summed E-state index contributed by atoms with van der Waals surface area (Å²) in [6.07, 6.45) is 9.09. The maximum atomic E-state index is 9.88. The highest BCUT2D eigenvalue weighted by atomic mass is 16.7. The normalized spacial score (nSPS) is 27.5. The monoisotopic (exact) mass is 430 g/mol. The van der Waals surface area contributed by atoms with Gasteiger partial charge in [-0.05, 0) is 30.1 Å². The largest absolute Gasteiger partial charge is 0.394 e. The van der Waals surface area contributed by atoms with Gasteiger partial charge >= 0.3 is 0 Å². The standard InChI is InChI=1S/C25H50O5/c1-18(2)9-6-10-19(3)11-7-12-20(4)13-8-14-21(5)15-16-29-25-24(28)23(27)22(17-26)30-25/h18-28H,6-17H2,1-5H3/t19?,20?,21?,22-,23-,24-,25-/m1/s1. The summed E-state index contributed by atoms with van der Waals surface area (Å²) in [6.45, 7) is 11.8. The van der Waals surface area contributed by atoms with Gasteiger partial charge in [0.15, 0.2) is 6.29 Å². The van der Waals surface area contributed by atoms with Crippen molar-refractivity contribution in [2.24, 2.45) is 23.7 Å². The number of aliphatic hydroxyl groups excluding tert-OH is 3. The number of ether oxygens (including phenoxy) is 2. The Balaban J connectivity index is 2.02. The van der Waals surface area contributed by atoms with E-state index in [1.807, 2.05) is 0 Å². The number of hydrogen-bond acceptors (Lipinski definition) is 5. The van der Waals surface area contributed by atoms with Crippen LogP contribution in [-0.4, -0.2) is 53.1 Å². The zero-order valence-corrected chi connectivity index (χ0v) is 20.3. The molecule has 0 aromatic heterocycles. The molecule has 0 aromatic rings. The van der Waals surface area contributed by atoms with Crippen LogP contribution in [0.4, 0.5) is 0 Å². The molecule has 180 valence electrons. The first-order valence-electron chi connectivity index (χ1n) is 12.5. The van der Waals surface area contributed by atoms with E-state index < -0.39 is 24.6 Å². The second kappa shape index (κ2) is 15.6. The quantitative estimate of drug-likeness (QED) is 0.306. The maximum absolute atomic E-state index is 9.88. The molecule has 3 unspecified atom stereocenters. The van der Waals surface area contributed by atoms with Gasteiger partial charge in [-0.1, -0.05) is 92.4 Å². The molecule has 0 aromatic carbocycles. The molecule has 1 saturated heterocycles. The van der Waals surface area contributed by atoms with E-state index in [1.54, 1.807) is 0 Å². The van der Waals surface area contributed by atoms with Crippen LogP contribution < -0.4 is 0 Å². The minimum absolute atomic E-state index is 0.316. The summed E-state index contributed by atoms with van der Waals surface area (Å²) in [5.74, 6) is 3.07. The van der Waals surface area contributed by atoms with Gasteiger partial charge in [-0.15, -0.1) is 0 Å². The molecular weight excluding hydrogens is 380 g/mol. The van der Waals surface area contributed by atoms with Gasteiger partial charge in [0.25, 0.3) is 0 Å². The zero-order valence-electron chi connectivity index (χ0n) is 20.3. The predicted molar refractivity (Wildman–Crippen MR) is 122 cm³/mol. The van der Waals surface area contributed by atoms with Crippen molar-refractivity contribution in [3.05, 3.63) is 0 Å². The Morgan fingerprint density at radius 2 is 1.17 bits per heavy atom. The zero-order chi connectivity index (χ0) is 22.5. The van der Waals surface area contributed by atoms with E-state index in [0.717, 1.165) is 24.2 Å². The highest BCUT2D eigenvalue weighted by Gasteiger charge is 2.42. The second-order valence-electron chi connectivity index (χ2n) is 10.4. The van der Waals surface area contributed by atoms with Crippen LogP contribution in [0.15, 0.2) is 0 Å². The Kier molecular flexibility index (Phi) is 14.5. The fraction of sp³-hybridized carbons (Fsp3) is 1.00. The topological polar surface area (TPSA) is 79.2 Å². The molecule has 30 heavy (non-hydrogen) atoms. The third kappa shape index (κ3) is 11.4. The number of rotatable bonds is 17. The van der Waals surface area contributed by atoms with Gasteiger partial charge in [-0.25, -0.2) is 0 Å². The fourth-order valence-electron chi connectivity index (χ4n) is 4.33. The summed E-state index contributed by atoms with van der Waals surface area (Å²) >= 11 is 0. The lowest BCUT2D eigenvalue weighted by atomic mass is 9.91. The van der Waals surface area contributed by atoms with Gasteiger partial charge in [-0.2, -0.15) is 0 Å². The van der Waals surface area contributed by atoms with Crippen LogP contribution in [0.25, 0.3) is 0 Å². The molecule has 5 heteroatoms. The lowest BCUT2D eigenvalue weighted by molar-refractivity contribution is -0.170. The SMILES string of the molecule is CC(C)CCCC(C)CCCC(C)CCCC(C)CCO[C@@H]1O[C@H](CO)[C@@H](O)[C@H]1O. The van der Waals surface area contributed by atoms with Gasteiger partial charge in [-0.3, -0.25) is 0 Å². The van der Waals surface area contributed by atoms with E-state index >= 15 is 0 Å². The van der Waals surface area contributed by atoms with Crippen LogP contribution in [0.2, 0.25) is 0 Å². The first-order valence-corrected chi connectivity index (χ1v) is 12.5. The highest BCUT2D eigenvalue weighted by molar-refractivity contribution is 4.86. The van der Waals surface area contributed by atoms with Gasteiger partial charge in [0.2, 0.25) is 0 Å². The van der Waals surface area contributed by atoms with Crippen molar-refractivity contribution in [3.63, 3.8) is 0 Å². The Hall–Kier alpha value is -0.200. The summed E-state index contributed by atoms with van der Waals surface area (Å²) < 4.78 is 10.9. The Morgan fingerprint density at radius 1 is 0.700 bits per heavy atom. The molecular formula is C25H50O5. The molecule has 1 aliphatic rings. The summed E-state index contributed by atoms with van der Waals surface area (Å²) in [4.78, 5) is 0. The molecule has 0 spiro atoms. The minimum atomic E-state index is -1.09. The lowest BCUT2D eigenvalue weighted by Gasteiger charge is -2.18. The molecule has 3 N–H and O–H groups in total. The molecule has 1 rings (SSSR count). The summed E-state index contributed by atoms with van der Waals surface area (Å²) in [6, 6.07) is 0. The minimum Gasteiger partial charge on any atom is -0.394 e. The summed E-state index contributed by atoms with van der Waals surface area (Å²) in [7, 11) is 0. The Morgan fingerprint density at radius 3 is 1.60 bits per heavy atom. The third-order valence-corrected chi connectivity index (χ3v) is 6.66. The number of hydrogen-bond donors (Lipinski definition) is 3. The molecule has 1 fully saturated rings. The smallest absolute Gasteiger partial charge is 0.186 e. The second-order valence-corrected chi connectivity index (χ2v) is 10.4. The average Bonchev–Trinajstić information content (AvgIpc) is 2.95. The predicted octanol–water partition coefficient (Wildman–Crippen LogP) is 4.91. The van der Waals surface area contributed by atoms with Crippen LogP contribution in [0.5, 0.6) is 0 Å². The van der Waals surface area contributed by atoms with Crippen molar-refractivity contribution in [2.75, 3.05) is 13.2 Å². The molecule has 0 bridgehead atoms. The number of aliphatic hydroxyl groups is 3. The van der Waals surface area contributed by atoms with E-state index in [2.05, 4.69) is 34.6 Å². The van der Waals surface area contributed by atoms with Crippen molar-refractivity contribution in [1.29, 1.82) is 0 Å². The van der Waals surface area contributed by atoms with E-state index in [4.69, 9.17) is 14.6 Å². The van der Waals surface area contributed by atoms with Crippen molar-refractivity contribution in [3.8, 4) is 0 Å². The van der Waals surface area contributed by atoms with Gasteiger partial charge in [0.1, 0.15) is 18.3 Å². The lowest BCUT2D eigenvalue weighted by Crippen LogP contribution is -2.34. The molecule has 0 aliphatic carbocycles. The van der Waals surface area contributed by atoms with Crippen LogP contribution in [0.3, 0.4) is 0 Å². The van der Waals surface area contributed by atoms with Crippen molar-refractivity contribution < 1.29 is 24.8 Å². The van der Waals surface area contributed by atoms with Gasteiger partial charge in [0.05, 0.1) is 13.2 Å². The van der Waals surface area contributed by atoms with Gasteiger partial charge < -0.3 is 24.8 Å². The first-order chi connectivity index (χ1) is 14.2.